The molecule has 4 heterocycles. The van der Waals surface area contributed by atoms with Crippen LogP contribution in [0.25, 0.3) is 22.8 Å². The molecule has 2 amide bonds. The number of carbonyl (C=O) groups is 2. The van der Waals surface area contributed by atoms with Crippen LogP contribution in [0, 0.1) is 29.1 Å². The topological polar surface area (TPSA) is 206 Å². The summed E-state index contributed by atoms with van der Waals surface area (Å²) in [5, 5.41) is 27.3. The van der Waals surface area contributed by atoms with Gasteiger partial charge in [-0.15, -0.1) is 10.2 Å². The average molecular weight is 794 g/mol. The van der Waals surface area contributed by atoms with Gasteiger partial charge in [0.05, 0.1) is 5.69 Å². The first-order valence-corrected chi connectivity index (χ1v) is 16.8. The number of likely N-dealkylation sites (N-methyl/N-ethyl adjacent to an activating group) is 2. The minimum atomic E-state index is -1.57. The summed E-state index contributed by atoms with van der Waals surface area (Å²) < 4.78 is 70.2. The van der Waals surface area contributed by atoms with E-state index in [2.05, 4.69) is 67.4 Å². The molecular weight excluding hydrogens is 757 g/mol. The zero-order valence-electron chi connectivity index (χ0n) is 31.0. The van der Waals surface area contributed by atoms with Gasteiger partial charge in [0.1, 0.15) is 24.7 Å². The van der Waals surface area contributed by atoms with E-state index in [1.807, 2.05) is 0 Å². The predicted molar refractivity (Wildman–Crippen MR) is 203 cm³/mol. The van der Waals surface area contributed by atoms with E-state index >= 15 is 0 Å². The molecule has 0 atom stereocenters. The molecule has 0 bridgehead atoms. The maximum atomic E-state index is 13.8. The van der Waals surface area contributed by atoms with Crippen LogP contribution < -0.4 is 37.2 Å². The van der Waals surface area contributed by atoms with E-state index in [1.165, 1.54) is 36.6 Å². The van der Waals surface area contributed by atoms with Crippen molar-refractivity contribution in [3.05, 3.63) is 90.0 Å². The van der Waals surface area contributed by atoms with E-state index in [9.17, 15) is 31.5 Å². The summed E-state index contributed by atoms with van der Waals surface area (Å²) in [5.41, 5.74) is 1.45. The Kier molecular flexibility index (Phi) is 13.1. The van der Waals surface area contributed by atoms with Crippen LogP contribution in [0.3, 0.4) is 0 Å². The first-order chi connectivity index (χ1) is 27.3. The minimum Gasteiger partial charge on any atom is -0.386 e. The van der Waals surface area contributed by atoms with Gasteiger partial charge < -0.3 is 37.2 Å². The number of nitrogens with zero attached hydrogens (tertiary/aromatic N) is 8. The Morgan fingerprint density at radius 1 is 0.579 bits per heavy atom. The second-order valence-corrected chi connectivity index (χ2v) is 11.6. The van der Waals surface area contributed by atoms with Gasteiger partial charge in [0.25, 0.3) is 0 Å². The molecule has 7 N–H and O–H groups in total. The largest absolute Gasteiger partial charge is 0.386 e. The van der Waals surface area contributed by atoms with Crippen LogP contribution in [0.1, 0.15) is 0 Å². The zero-order chi connectivity index (χ0) is 41.2. The Morgan fingerprint density at radius 2 is 1.00 bits per heavy atom. The Bertz CT molecular complexity index is 2360. The number of pyridine rings is 2. The van der Waals surface area contributed by atoms with Gasteiger partial charge in [-0.2, -0.15) is 9.97 Å². The lowest BCUT2D eigenvalue weighted by Crippen LogP contribution is -2.24. The van der Waals surface area contributed by atoms with Gasteiger partial charge in [-0.1, -0.05) is 0 Å². The maximum Gasteiger partial charge on any atom is 0.247 e. The summed E-state index contributed by atoms with van der Waals surface area (Å²) in [6.45, 7) is -0.207. The maximum absolute atomic E-state index is 13.8. The number of aromatic nitrogens is 8. The highest BCUT2D eigenvalue weighted by Crippen LogP contribution is 2.27. The fraction of sp³-hybridized carbons (Fsp3) is 0.200. The first kappa shape index (κ1) is 40.8. The number of hydrogen-bond acceptors (Lipinski definition) is 13. The first-order valence-electron chi connectivity index (χ1n) is 16.8. The lowest BCUT2D eigenvalue weighted by molar-refractivity contribution is -0.122. The lowest BCUT2D eigenvalue weighted by Gasteiger charge is -2.07. The molecule has 57 heavy (non-hydrogen) atoms. The quantitative estimate of drug-likeness (QED) is 0.0638. The van der Waals surface area contributed by atoms with Crippen LogP contribution in [-0.4, -0.2) is 86.5 Å². The molecule has 6 aromatic rings. The number of amides is 2. The molecule has 22 heteroatoms. The SMILES string of the molecule is CNC(=O)Cn1nc(Nc2cc(F)c(F)c(F)c2)nc1-c1ccnc(NC)c1.CNC(=O)Cn1nc(Nc2cc(F)c(F)c(NC)c2)nc1-c1ccnc(NC)c1. The van der Waals surface area contributed by atoms with Crippen LogP contribution in [0.2, 0.25) is 0 Å². The van der Waals surface area contributed by atoms with Crippen LogP contribution >= 0.6 is 0 Å². The van der Waals surface area contributed by atoms with Gasteiger partial charge in [-0.05, 0) is 30.3 Å². The van der Waals surface area contributed by atoms with Crippen LogP contribution in [0.4, 0.5) is 62.5 Å². The number of anilines is 7. The summed E-state index contributed by atoms with van der Waals surface area (Å²) in [7, 11) is 7.92. The third-order valence-corrected chi connectivity index (χ3v) is 7.83. The van der Waals surface area contributed by atoms with Gasteiger partial charge in [0.2, 0.25) is 23.7 Å². The molecule has 298 valence electrons. The van der Waals surface area contributed by atoms with Crippen molar-refractivity contribution in [3.63, 3.8) is 0 Å². The number of carbonyl (C=O) groups excluding carboxylic acids is 2. The molecule has 0 saturated heterocycles. The van der Waals surface area contributed by atoms with Crippen molar-refractivity contribution < 1.29 is 31.5 Å². The van der Waals surface area contributed by atoms with Crippen LogP contribution in [-0.2, 0) is 22.7 Å². The van der Waals surface area contributed by atoms with E-state index in [0.717, 1.165) is 18.2 Å². The highest BCUT2D eigenvalue weighted by Gasteiger charge is 2.19. The number of halogens is 5. The van der Waals surface area contributed by atoms with Gasteiger partial charge in [-0.3, -0.25) is 9.59 Å². The second kappa shape index (κ2) is 18.3. The van der Waals surface area contributed by atoms with Crippen molar-refractivity contribution in [2.24, 2.45) is 0 Å². The molecule has 0 aliphatic rings. The van der Waals surface area contributed by atoms with Crippen molar-refractivity contribution in [2.75, 3.05) is 61.8 Å². The van der Waals surface area contributed by atoms with Crippen molar-refractivity contribution in [1.82, 2.24) is 50.1 Å². The molecule has 0 fully saturated rings. The standard InChI is InChI=1S/C18H20F2N8O.C17H16F3N7O/c1-21-13-8-11(7-12(19)16(13)20)25-18-26-17(28(27-18)9-15(29)23-3)10-4-5-24-14(6-10)22-2;1-21-13-5-9(3-4-23-13)16-25-17(26-27(16)8-14(28)22-2)24-10-6-11(18)15(20)12(19)7-10/h4-8,21H,9H2,1-3H3,(H,22,24)(H,23,29)(H,25,27);3-7H,8H2,1-2H3,(H,21,23)(H,22,28)(H,24,26). The fourth-order valence-electron chi connectivity index (χ4n) is 5.01. The molecule has 0 unspecified atom stereocenters. The number of rotatable bonds is 13. The normalized spacial score (nSPS) is 10.6. The monoisotopic (exact) mass is 793 g/mol. The molecule has 0 radical (unpaired) electrons. The van der Waals surface area contributed by atoms with Gasteiger partial charge in [0.15, 0.2) is 40.7 Å². The molecule has 2 aromatic carbocycles. The van der Waals surface area contributed by atoms with E-state index < -0.39 is 29.1 Å². The average Bonchev–Trinajstić information content (AvgIpc) is 3.80. The smallest absolute Gasteiger partial charge is 0.247 e. The van der Waals surface area contributed by atoms with Gasteiger partial charge in [-0.25, -0.2) is 41.3 Å². The number of benzene rings is 2. The van der Waals surface area contributed by atoms with Gasteiger partial charge in [0, 0.05) is 88.3 Å². The molecular formula is C35H36F5N15O2. The lowest BCUT2D eigenvalue weighted by atomic mass is 10.2. The molecule has 0 spiro atoms. The van der Waals surface area contributed by atoms with Gasteiger partial charge >= 0.3 is 0 Å². The fourth-order valence-corrected chi connectivity index (χ4v) is 5.01. The summed E-state index contributed by atoms with van der Waals surface area (Å²) in [4.78, 5) is 40.6. The zero-order valence-corrected chi connectivity index (χ0v) is 31.0. The predicted octanol–water partition coefficient (Wildman–Crippen LogP) is 4.48. The summed E-state index contributed by atoms with van der Waals surface area (Å²) in [5.74, 6) is -4.82. The van der Waals surface area contributed by atoms with Crippen molar-refractivity contribution in [1.29, 1.82) is 0 Å². The number of hydrogen-bond donors (Lipinski definition) is 7. The highest BCUT2D eigenvalue weighted by atomic mass is 19.2. The Labute approximate surface area is 321 Å². The summed E-state index contributed by atoms with van der Waals surface area (Å²) in [6.07, 6.45) is 3.15. The molecule has 6 rings (SSSR count). The Morgan fingerprint density at radius 3 is 1.40 bits per heavy atom. The van der Waals surface area contributed by atoms with Crippen LogP contribution in [0.15, 0.2) is 60.9 Å². The molecule has 17 nitrogen and oxygen atoms in total. The van der Waals surface area contributed by atoms with Crippen molar-refractivity contribution >= 4 is 52.4 Å². The molecule has 0 aliphatic heterocycles. The molecule has 0 aliphatic carbocycles. The number of nitrogens with one attached hydrogen (secondary N) is 7. The third-order valence-electron chi connectivity index (χ3n) is 7.83. The van der Waals surface area contributed by atoms with E-state index in [1.54, 1.807) is 50.8 Å². The van der Waals surface area contributed by atoms with E-state index in [-0.39, 0.29) is 53.9 Å². The Hall–Kier alpha value is -7.39. The van der Waals surface area contributed by atoms with E-state index in [0.29, 0.717) is 34.4 Å². The second-order valence-electron chi connectivity index (χ2n) is 11.6. The van der Waals surface area contributed by atoms with Crippen LogP contribution in [0.5, 0.6) is 0 Å². The summed E-state index contributed by atoms with van der Waals surface area (Å²) in [6, 6.07) is 10.8. The summed E-state index contributed by atoms with van der Waals surface area (Å²) >= 11 is 0. The highest BCUT2D eigenvalue weighted by molar-refractivity contribution is 5.77. The van der Waals surface area contributed by atoms with E-state index in [4.69, 9.17) is 0 Å². The third kappa shape index (κ3) is 10.0. The molecule has 0 saturated carbocycles. The molecule has 4 aromatic heterocycles. The van der Waals surface area contributed by atoms with Crippen molar-refractivity contribution in [3.8, 4) is 22.8 Å². The minimum absolute atomic E-state index is 0.00897. The van der Waals surface area contributed by atoms with Crippen molar-refractivity contribution in [2.45, 2.75) is 13.1 Å². The Balaban J connectivity index is 0.000000218.